The number of hydrogen-bond donors (Lipinski definition) is 5. The minimum atomic E-state index is -1.61. The van der Waals surface area contributed by atoms with E-state index in [-0.39, 0.29) is 6.54 Å². The largest absolute Gasteiger partial charge is 0.394 e. The Morgan fingerprint density at radius 2 is 1.96 bits per heavy atom. The highest BCUT2D eigenvalue weighted by atomic mass is 16.6. The van der Waals surface area contributed by atoms with Crippen molar-refractivity contribution in [2.45, 2.75) is 30.3 Å². The summed E-state index contributed by atoms with van der Waals surface area (Å²) >= 11 is 0. The van der Waals surface area contributed by atoms with Gasteiger partial charge in [-0.15, -0.1) is 0 Å². The second-order valence-corrected chi connectivity index (χ2v) is 6.64. The van der Waals surface area contributed by atoms with E-state index >= 15 is 0 Å². The fourth-order valence-electron chi connectivity index (χ4n) is 3.67. The number of hydrogen-bond acceptors (Lipinski definition) is 7. The second kappa shape index (κ2) is 6.19. The molecule has 1 saturated heterocycles. The molecule has 4 rings (SSSR count). The van der Waals surface area contributed by atoms with Crippen molar-refractivity contribution in [3.05, 3.63) is 59.3 Å². The lowest BCUT2D eigenvalue weighted by atomic mass is 9.92. The maximum atomic E-state index is 12.4. The molecule has 0 spiro atoms. The molecule has 1 amide bonds. The molecule has 5 N–H and O–H groups in total. The first kappa shape index (κ1) is 17.2. The summed E-state index contributed by atoms with van der Waals surface area (Å²) in [6.45, 7) is -0.326. The summed E-state index contributed by atoms with van der Waals surface area (Å²) < 4.78 is 5.50. The van der Waals surface area contributed by atoms with Crippen LogP contribution in [0.2, 0.25) is 0 Å². The number of amides is 1. The third-order valence-electron chi connectivity index (χ3n) is 5.09. The molecule has 1 unspecified atom stereocenters. The number of benzene rings is 1. The average molecular weight is 360 g/mol. The van der Waals surface area contributed by atoms with E-state index in [9.17, 15) is 25.2 Å². The van der Waals surface area contributed by atoms with Crippen molar-refractivity contribution < 1.29 is 30.0 Å². The summed E-state index contributed by atoms with van der Waals surface area (Å²) in [4.78, 5) is 14.0. The predicted octanol–water partition coefficient (Wildman–Crippen LogP) is -1.47. The van der Waals surface area contributed by atoms with Crippen molar-refractivity contribution in [2.75, 3.05) is 13.2 Å². The van der Waals surface area contributed by atoms with Gasteiger partial charge >= 0.3 is 0 Å². The summed E-state index contributed by atoms with van der Waals surface area (Å²) in [5.74, 6) is -0.410. The van der Waals surface area contributed by atoms with E-state index < -0.39 is 42.8 Å². The highest BCUT2D eigenvalue weighted by Gasteiger charge is 2.49. The normalized spacial score (nSPS) is 36.5. The Labute approximate surface area is 149 Å². The van der Waals surface area contributed by atoms with Gasteiger partial charge in [0.2, 0.25) is 0 Å². The van der Waals surface area contributed by atoms with Crippen molar-refractivity contribution in [1.82, 2.24) is 10.2 Å². The molecule has 8 nitrogen and oxygen atoms in total. The zero-order chi connectivity index (χ0) is 18.5. The molecule has 0 saturated carbocycles. The maximum absolute atomic E-state index is 12.4. The molecule has 1 aromatic rings. The van der Waals surface area contributed by atoms with Crippen LogP contribution in [0.4, 0.5) is 0 Å². The van der Waals surface area contributed by atoms with Crippen LogP contribution in [0.25, 0.3) is 0 Å². The molecule has 1 aromatic carbocycles. The van der Waals surface area contributed by atoms with E-state index in [0.717, 1.165) is 0 Å². The molecule has 26 heavy (non-hydrogen) atoms. The van der Waals surface area contributed by atoms with Gasteiger partial charge in [-0.3, -0.25) is 4.79 Å². The Kier molecular flexibility index (Phi) is 4.09. The summed E-state index contributed by atoms with van der Waals surface area (Å²) in [5, 5.41) is 43.0. The minimum Gasteiger partial charge on any atom is -0.394 e. The molecule has 3 aliphatic rings. The number of carbonyl (C=O) groups is 1. The van der Waals surface area contributed by atoms with Crippen LogP contribution < -0.4 is 5.32 Å². The summed E-state index contributed by atoms with van der Waals surface area (Å²) in [6, 6.07) is 8.82. The number of nitrogens with one attached hydrogen (secondary N) is 1. The van der Waals surface area contributed by atoms with Crippen LogP contribution in [0.3, 0.4) is 0 Å². The van der Waals surface area contributed by atoms with Gasteiger partial charge in [0.1, 0.15) is 18.3 Å². The number of carbonyl (C=O) groups excluding carboxylic acids is 1. The Morgan fingerprint density at radius 1 is 1.23 bits per heavy atom. The number of rotatable bonds is 3. The smallest absolute Gasteiger partial charge is 0.252 e. The molecule has 0 bridgehead atoms. The standard InChI is InChI=1S/C18H20N2O6/c21-9-13-14(22)15(23)17(26-13)20-7-6-12-11(8-20)16(24)19-18(12,25)10-4-2-1-3-5-10/h1-7,13-15,17,21-23,25H,8-9H2,(H,19,24)/t13-,14-,15-,17-,18?/m1/s1. The van der Waals surface area contributed by atoms with E-state index in [1.165, 1.54) is 0 Å². The zero-order valence-electron chi connectivity index (χ0n) is 13.8. The molecule has 3 aliphatic heterocycles. The minimum absolute atomic E-state index is 0.0966. The lowest BCUT2D eigenvalue weighted by Gasteiger charge is -2.32. The highest BCUT2D eigenvalue weighted by molar-refractivity contribution is 6.00. The van der Waals surface area contributed by atoms with Crippen molar-refractivity contribution >= 4 is 5.91 Å². The lowest BCUT2D eigenvalue weighted by molar-refractivity contribution is -0.121. The number of nitrogens with zero attached hydrogens (tertiary/aromatic N) is 1. The monoisotopic (exact) mass is 360 g/mol. The molecular weight excluding hydrogens is 340 g/mol. The van der Waals surface area contributed by atoms with Crippen LogP contribution in [-0.4, -0.2) is 68.9 Å². The van der Waals surface area contributed by atoms with Gasteiger partial charge in [0, 0.05) is 22.9 Å². The Morgan fingerprint density at radius 3 is 2.62 bits per heavy atom. The van der Waals surface area contributed by atoms with Crippen LogP contribution in [-0.2, 0) is 15.3 Å². The van der Waals surface area contributed by atoms with Crippen molar-refractivity contribution in [3.8, 4) is 0 Å². The fraction of sp³-hybridized carbons (Fsp3) is 0.389. The van der Waals surface area contributed by atoms with Crippen LogP contribution in [0, 0.1) is 0 Å². The molecule has 1 fully saturated rings. The summed E-state index contributed by atoms with van der Waals surface area (Å²) in [6.07, 6.45) is -1.03. The molecule has 0 aliphatic carbocycles. The highest BCUT2D eigenvalue weighted by Crippen LogP contribution is 2.38. The average Bonchev–Trinajstić information content (AvgIpc) is 3.10. The molecule has 3 heterocycles. The van der Waals surface area contributed by atoms with Gasteiger partial charge in [0.05, 0.1) is 13.2 Å². The maximum Gasteiger partial charge on any atom is 0.252 e. The number of ether oxygens (including phenoxy) is 1. The topological polar surface area (TPSA) is 122 Å². The van der Waals surface area contributed by atoms with Crippen molar-refractivity contribution in [2.24, 2.45) is 0 Å². The first-order valence-corrected chi connectivity index (χ1v) is 8.36. The SMILES string of the molecule is O=C1NC(O)(c2ccccc2)C2=C1CN([C@@H]1O[C@H](CO)[C@@H](O)[C@H]1O)C=C2. The number of aliphatic hydroxyl groups excluding tert-OH is 3. The molecule has 8 heteroatoms. The Bertz CT molecular complexity index is 779. The summed E-state index contributed by atoms with van der Waals surface area (Å²) in [7, 11) is 0. The Balaban J connectivity index is 1.61. The van der Waals surface area contributed by atoms with Crippen molar-refractivity contribution in [3.63, 3.8) is 0 Å². The van der Waals surface area contributed by atoms with Gasteiger partial charge in [-0.1, -0.05) is 30.3 Å². The van der Waals surface area contributed by atoms with E-state index in [0.29, 0.717) is 16.7 Å². The van der Waals surface area contributed by atoms with Gasteiger partial charge in [-0.2, -0.15) is 0 Å². The van der Waals surface area contributed by atoms with Crippen LogP contribution in [0.1, 0.15) is 5.56 Å². The van der Waals surface area contributed by atoms with E-state index in [1.54, 1.807) is 41.4 Å². The number of aliphatic hydroxyl groups is 4. The van der Waals surface area contributed by atoms with Crippen LogP contribution in [0.15, 0.2) is 53.8 Å². The van der Waals surface area contributed by atoms with Gasteiger partial charge < -0.3 is 35.4 Å². The second-order valence-electron chi connectivity index (χ2n) is 6.64. The third kappa shape index (κ3) is 2.46. The molecule has 0 radical (unpaired) electrons. The van der Waals surface area contributed by atoms with Crippen molar-refractivity contribution in [1.29, 1.82) is 0 Å². The zero-order valence-corrected chi connectivity index (χ0v) is 13.8. The van der Waals surface area contributed by atoms with E-state index in [2.05, 4.69) is 5.32 Å². The third-order valence-corrected chi connectivity index (χ3v) is 5.09. The molecule has 138 valence electrons. The van der Waals surface area contributed by atoms with Crippen LogP contribution >= 0.6 is 0 Å². The summed E-state index contributed by atoms with van der Waals surface area (Å²) in [5.41, 5.74) is -0.267. The van der Waals surface area contributed by atoms with Gasteiger partial charge in [0.25, 0.3) is 5.91 Å². The quantitative estimate of drug-likeness (QED) is 0.446. The van der Waals surface area contributed by atoms with Gasteiger partial charge in [-0.25, -0.2) is 0 Å². The molecular formula is C18H20N2O6. The first-order valence-electron chi connectivity index (χ1n) is 8.36. The fourth-order valence-corrected chi connectivity index (χ4v) is 3.67. The molecule has 5 atom stereocenters. The van der Waals surface area contributed by atoms with Gasteiger partial charge in [0.15, 0.2) is 12.0 Å². The van der Waals surface area contributed by atoms with E-state index in [1.807, 2.05) is 6.07 Å². The van der Waals surface area contributed by atoms with Gasteiger partial charge in [-0.05, 0) is 6.08 Å². The lowest BCUT2D eigenvalue weighted by Crippen LogP contribution is -2.43. The predicted molar refractivity (Wildman–Crippen MR) is 89.1 cm³/mol. The van der Waals surface area contributed by atoms with Crippen LogP contribution in [0.5, 0.6) is 0 Å². The molecule has 0 aromatic heterocycles. The van der Waals surface area contributed by atoms with E-state index in [4.69, 9.17) is 4.74 Å². The first-order chi connectivity index (χ1) is 12.5. The Hall–Kier alpha value is -2.23.